The zero-order valence-corrected chi connectivity index (χ0v) is 10.6. The Hall–Kier alpha value is -1.02. The SMILES string of the molecule is CCC(CC)C(CN)c1cccc(OC)c1. The molecule has 2 nitrogen and oxygen atoms in total. The Balaban J connectivity index is 2.93. The fourth-order valence-corrected chi connectivity index (χ4v) is 2.33. The Morgan fingerprint density at radius 3 is 2.44 bits per heavy atom. The van der Waals surface area contributed by atoms with E-state index in [1.807, 2.05) is 12.1 Å². The summed E-state index contributed by atoms with van der Waals surface area (Å²) in [5.74, 6) is 2.03. The second kappa shape index (κ2) is 6.54. The number of rotatable bonds is 6. The summed E-state index contributed by atoms with van der Waals surface area (Å²) in [5.41, 5.74) is 7.21. The maximum absolute atomic E-state index is 5.91. The van der Waals surface area contributed by atoms with E-state index in [0.29, 0.717) is 18.4 Å². The van der Waals surface area contributed by atoms with E-state index in [0.717, 1.165) is 5.75 Å². The summed E-state index contributed by atoms with van der Waals surface area (Å²) < 4.78 is 5.26. The minimum absolute atomic E-state index is 0.449. The Labute approximate surface area is 98.8 Å². The van der Waals surface area contributed by atoms with Crippen molar-refractivity contribution in [1.29, 1.82) is 0 Å². The van der Waals surface area contributed by atoms with Crippen molar-refractivity contribution < 1.29 is 4.74 Å². The molecule has 0 aliphatic heterocycles. The molecule has 0 amide bonds. The van der Waals surface area contributed by atoms with Gasteiger partial charge in [-0.15, -0.1) is 0 Å². The van der Waals surface area contributed by atoms with Gasteiger partial charge in [-0.05, 0) is 36.1 Å². The van der Waals surface area contributed by atoms with Crippen LogP contribution in [0.3, 0.4) is 0 Å². The molecule has 1 aromatic rings. The molecule has 0 saturated heterocycles. The van der Waals surface area contributed by atoms with E-state index in [1.165, 1.54) is 18.4 Å². The van der Waals surface area contributed by atoms with Crippen molar-refractivity contribution in [2.24, 2.45) is 11.7 Å². The van der Waals surface area contributed by atoms with E-state index in [2.05, 4.69) is 26.0 Å². The van der Waals surface area contributed by atoms with Crippen molar-refractivity contribution in [3.8, 4) is 5.75 Å². The van der Waals surface area contributed by atoms with Gasteiger partial charge in [0, 0.05) is 0 Å². The predicted octanol–water partition coefficient (Wildman–Crippen LogP) is 3.17. The minimum atomic E-state index is 0.449. The number of ether oxygens (including phenoxy) is 1. The summed E-state index contributed by atoms with van der Waals surface area (Å²) in [4.78, 5) is 0. The molecule has 1 unspecified atom stereocenters. The summed E-state index contributed by atoms with van der Waals surface area (Å²) in [6.07, 6.45) is 2.35. The molecule has 0 aromatic heterocycles. The molecule has 2 heteroatoms. The van der Waals surface area contributed by atoms with Gasteiger partial charge in [0.2, 0.25) is 0 Å². The van der Waals surface area contributed by atoms with Crippen LogP contribution in [-0.2, 0) is 0 Å². The van der Waals surface area contributed by atoms with Crippen LogP contribution >= 0.6 is 0 Å². The van der Waals surface area contributed by atoms with Gasteiger partial charge >= 0.3 is 0 Å². The molecule has 0 spiro atoms. The number of nitrogens with two attached hydrogens (primary N) is 1. The van der Waals surface area contributed by atoms with Gasteiger partial charge < -0.3 is 10.5 Å². The molecule has 0 bridgehead atoms. The zero-order chi connectivity index (χ0) is 12.0. The van der Waals surface area contributed by atoms with Crippen molar-refractivity contribution in [3.05, 3.63) is 29.8 Å². The normalized spacial score (nSPS) is 12.8. The molecule has 0 aliphatic rings. The monoisotopic (exact) mass is 221 g/mol. The van der Waals surface area contributed by atoms with Gasteiger partial charge in [-0.1, -0.05) is 38.8 Å². The molecule has 0 saturated carbocycles. The van der Waals surface area contributed by atoms with Gasteiger partial charge in [-0.2, -0.15) is 0 Å². The highest BCUT2D eigenvalue weighted by molar-refractivity contribution is 5.31. The maximum Gasteiger partial charge on any atom is 0.119 e. The summed E-state index contributed by atoms with van der Waals surface area (Å²) in [7, 11) is 1.70. The minimum Gasteiger partial charge on any atom is -0.497 e. The standard InChI is InChI=1S/C14H23NO/c1-4-11(5-2)14(10-15)12-7-6-8-13(9-12)16-3/h6-9,11,14H,4-5,10,15H2,1-3H3. The lowest BCUT2D eigenvalue weighted by atomic mass is 9.83. The lowest BCUT2D eigenvalue weighted by Gasteiger charge is -2.24. The highest BCUT2D eigenvalue weighted by Crippen LogP contribution is 2.30. The van der Waals surface area contributed by atoms with E-state index < -0.39 is 0 Å². The molecule has 0 fully saturated rings. The maximum atomic E-state index is 5.91. The fraction of sp³-hybridized carbons (Fsp3) is 0.571. The lowest BCUT2D eigenvalue weighted by Crippen LogP contribution is -2.20. The van der Waals surface area contributed by atoms with E-state index >= 15 is 0 Å². The molecule has 1 aromatic carbocycles. The highest BCUT2D eigenvalue weighted by atomic mass is 16.5. The van der Waals surface area contributed by atoms with Crippen molar-refractivity contribution in [3.63, 3.8) is 0 Å². The van der Waals surface area contributed by atoms with Gasteiger partial charge in [0.1, 0.15) is 5.75 Å². The van der Waals surface area contributed by atoms with E-state index in [4.69, 9.17) is 10.5 Å². The van der Waals surface area contributed by atoms with Gasteiger partial charge in [0.25, 0.3) is 0 Å². The van der Waals surface area contributed by atoms with Crippen molar-refractivity contribution in [2.75, 3.05) is 13.7 Å². The van der Waals surface area contributed by atoms with Crippen LogP contribution in [0.15, 0.2) is 24.3 Å². The second-order valence-electron chi connectivity index (χ2n) is 4.20. The van der Waals surface area contributed by atoms with Crippen LogP contribution in [-0.4, -0.2) is 13.7 Å². The molecule has 0 heterocycles. The number of methoxy groups -OCH3 is 1. The number of benzene rings is 1. The largest absolute Gasteiger partial charge is 0.497 e. The lowest BCUT2D eigenvalue weighted by molar-refractivity contribution is 0.394. The molecular weight excluding hydrogens is 198 g/mol. The molecule has 0 aliphatic carbocycles. The van der Waals surface area contributed by atoms with Gasteiger partial charge in [0.15, 0.2) is 0 Å². The molecular formula is C14H23NO. The molecule has 16 heavy (non-hydrogen) atoms. The third-order valence-electron chi connectivity index (χ3n) is 3.39. The Bertz CT molecular complexity index is 307. The van der Waals surface area contributed by atoms with Gasteiger partial charge in [0.05, 0.1) is 7.11 Å². The third kappa shape index (κ3) is 2.99. The van der Waals surface area contributed by atoms with Crippen LogP contribution in [0.4, 0.5) is 0 Å². The Morgan fingerprint density at radius 2 is 1.94 bits per heavy atom. The number of hydrogen-bond acceptors (Lipinski definition) is 2. The third-order valence-corrected chi connectivity index (χ3v) is 3.39. The Kier molecular flexibility index (Phi) is 5.33. The zero-order valence-electron chi connectivity index (χ0n) is 10.6. The van der Waals surface area contributed by atoms with E-state index in [9.17, 15) is 0 Å². The summed E-state index contributed by atoms with van der Waals surface area (Å²) in [6, 6.07) is 8.28. The average molecular weight is 221 g/mol. The van der Waals surface area contributed by atoms with Gasteiger partial charge in [-0.3, -0.25) is 0 Å². The van der Waals surface area contributed by atoms with Crippen LogP contribution < -0.4 is 10.5 Å². The fourth-order valence-electron chi connectivity index (χ4n) is 2.33. The van der Waals surface area contributed by atoms with Crippen molar-refractivity contribution >= 4 is 0 Å². The van der Waals surface area contributed by atoms with Crippen molar-refractivity contribution in [2.45, 2.75) is 32.6 Å². The molecule has 2 N–H and O–H groups in total. The van der Waals surface area contributed by atoms with Crippen LogP contribution in [0, 0.1) is 5.92 Å². The van der Waals surface area contributed by atoms with Crippen LogP contribution in [0.25, 0.3) is 0 Å². The van der Waals surface area contributed by atoms with Crippen LogP contribution in [0.2, 0.25) is 0 Å². The Morgan fingerprint density at radius 1 is 1.25 bits per heavy atom. The van der Waals surface area contributed by atoms with Crippen molar-refractivity contribution in [1.82, 2.24) is 0 Å². The smallest absolute Gasteiger partial charge is 0.119 e. The topological polar surface area (TPSA) is 35.2 Å². The first-order valence-corrected chi connectivity index (χ1v) is 6.10. The van der Waals surface area contributed by atoms with Crippen LogP contribution in [0.5, 0.6) is 5.75 Å². The molecule has 0 radical (unpaired) electrons. The summed E-state index contributed by atoms with van der Waals surface area (Å²) in [6.45, 7) is 5.17. The first kappa shape index (κ1) is 13.0. The highest BCUT2D eigenvalue weighted by Gasteiger charge is 2.19. The first-order chi connectivity index (χ1) is 7.76. The van der Waals surface area contributed by atoms with E-state index in [-0.39, 0.29) is 0 Å². The number of hydrogen-bond donors (Lipinski definition) is 1. The average Bonchev–Trinajstić information content (AvgIpc) is 2.35. The second-order valence-corrected chi connectivity index (χ2v) is 4.20. The molecule has 90 valence electrons. The van der Waals surface area contributed by atoms with Crippen LogP contribution in [0.1, 0.15) is 38.2 Å². The first-order valence-electron chi connectivity index (χ1n) is 6.10. The summed E-state index contributed by atoms with van der Waals surface area (Å²) in [5, 5.41) is 0. The van der Waals surface area contributed by atoms with Gasteiger partial charge in [-0.25, -0.2) is 0 Å². The summed E-state index contributed by atoms with van der Waals surface area (Å²) >= 11 is 0. The quantitative estimate of drug-likeness (QED) is 0.800. The molecule has 1 rings (SSSR count). The predicted molar refractivity (Wildman–Crippen MR) is 68.9 cm³/mol. The van der Waals surface area contributed by atoms with E-state index in [1.54, 1.807) is 7.11 Å². The molecule has 1 atom stereocenters.